The summed E-state index contributed by atoms with van der Waals surface area (Å²) in [5, 5.41) is 19.9. The molecule has 2 N–H and O–H groups in total. The first-order valence-electron chi connectivity index (χ1n) is 8.98. The van der Waals surface area contributed by atoms with E-state index in [1.165, 1.54) is 11.0 Å². The van der Waals surface area contributed by atoms with Gasteiger partial charge in [0.25, 0.3) is 5.91 Å². The third kappa shape index (κ3) is 4.05. The number of fused-ring (bicyclic) bond motifs is 1. The minimum Gasteiger partial charge on any atom is -0.439 e. The number of pyridine rings is 2. The number of amides is 1. The fraction of sp³-hybridized carbons (Fsp3) is 0.250. The van der Waals surface area contributed by atoms with E-state index < -0.39 is 29.9 Å². The lowest BCUT2D eigenvalue weighted by Gasteiger charge is -2.15. The van der Waals surface area contributed by atoms with E-state index in [-0.39, 0.29) is 24.7 Å². The van der Waals surface area contributed by atoms with Crippen LogP contribution in [0.2, 0.25) is 0 Å². The number of nitrogens with zero attached hydrogens (tertiary/aromatic N) is 3. The van der Waals surface area contributed by atoms with Crippen molar-refractivity contribution >= 4 is 16.8 Å². The van der Waals surface area contributed by atoms with Crippen LogP contribution in [0.15, 0.2) is 48.7 Å². The van der Waals surface area contributed by atoms with E-state index in [0.29, 0.717) is 22.8 Å². The van der Waals surface area contributed by atoms with Crippen LogP contribution >= 0.6 is 0 Å². The minimum absolute atomic E-state index is 0.00764. The molecule has 1 fully saturated rings. The maximum Gasteiger partial charge on any atom is 0.417 e. The van der Waals surface area contributed by atoms with Gasteiger partial charge < -0.3 is 19.8 Å². The minimum atomic E-state index is -4.47. The van der Waals surface area contributed by atoms with Crippen LogP contribution in [-0.2, 0) is 6.18 Å². The highest BCUT2D eigenvalue weighted by molar-refractivity contribution is 5.95. The van der Waals surface area contributed by atoms with Gasteiger partial charge in [-0.2, -0.15) is 13.2 Å². The summed E-state index contributed by atoms with van der Waals surface area (Å²) in [4.78, 5) is 21.8. The third-order valence-corrected chi connectivity index (χ3v) is 4.71. The number of benzene rings is 1. The number of ether oxygens (including phenoxy) is 1. The Hall–Kier alpha value is -3.24. The summed E-state index contributed by atoms with van der Waals surface area (Å²) in [5.41, 5.74) is -0.191. The molecule has 1 aliphatic rings. The second-order valence-electron chi connectivity index (χ2n) is 6.88. The zero-order valence-electron chi connectivity index (χ0n) is 15.4. The highest BCUT2D eigenvalue weighted by Gasteiger charge is 2.33. The molecule has 2 aromatic heterocycles. The molecule has 1 unspecified atom stereocenters. The van der Waals surface area contributed by atoms with E-state index in [9.17, 15) is 28.2 Å². The van der Waals surface area contributed by atoms with Gasteiger partial charge in [-0.1, -0.05) is 6.07 Å². The molecule has 1 amide bonds. The second-order valence-corrected chi connectivity index (χ2v) is 6.88. The first kappa shape index (κ1) is 20.0. The van der Waals surface area contributed by atoms with Crippen LogP contribution < -0.4 is 4.74 Å². The fourth-order valence-corrected chi connectivity index (χ4v) is 3.11. The van der Waals surface area contributed by atoms with Crippen molar-refractivity contribution in [1.82, 2.24) is 14.9 Å². The Balaban J connectivity index is 1.51. The van der Waals surface area contributed by atoms with Gasteiger partial charge in [0.05, 0.1) is 23.3 Å². The molecule has 0 spiro atoms. The number of halogens is 3. The molecule has 2 atom stereocenters. The number of carbonyl (C=O) groups excluding carboxylic acids is 1. The lowest BCUT2D eigenvalue weighted by Crippen LogP contribution is -2.30. The summed E-state index contributed by atoms with van der Waals surface area (Å²) < 4.78 is 43.3. The van der Waals surface area contributed by atoms with E-state index >= 15 is 0 Å². The first-order chi connectivity index (χ1) is 14.2. The number of carbonyl (C=O) groups is 1. The molecule has 156 valence electrons. The van der Waals surface area contributed by atoms with Crippen LogP contribution in [0.3, 0.4) is 0 Å². The van der Waals surface area contributed by atoms with E-state index in [0.717, 1.165) is 12.1 Å². The van der Waals surface area contributed by atoms with Gasteiger partial charge in [-0.3, -0.25) is 4.79 Å². The number of hydrogen-bond donors (Lipinski definition) is 2. The van der Waals surface area contributed by atoms with Crippen LogP contribution in [0.5, 0.6) is 11.6 Å². The standard InChI is InChI=1S/C20H16F3N3O4/c21-20(22,23)12-2-6-18(24-8-12)30-13-3-5-14-11(7-13)1-4-15(25-14)19(29)26-9-16(27)17(28)10-26/h1-8,16-17,27-28H,9-10H2/t16-,17?/m0/s1. The number of hydrogen-bond acceptors (Lipinski definition) is 6. The van der Waals surface area contributed by atoms with Gasteiger partial charge in [0, 0.05) is 30.7 Å². The summed E-state index contributed by atoms with van der Waals surface area (Å²) in [6, 6.07) is 9.99. The van der Waals surface area contributed by atoms with Crippen molar-refractivity contribution in [1.29, 1.82) is 0 Å². The van der Waals surface area contributed by atoms with Gasteiger partial charge in [0.2, 0.25) is 5.88 Å². The Morgan fingerprint density at radius 2 is 1.80 bits per heavy atom. The van der Waals surface area contributed by atoms with Gasteiger partial charge in [0.1, 0.15) is 11.4 Å². The zero-order chi connectivity index (χ0) is 21.5. The van der Waals surface area contributed by atoms with E-state index in [1.54, 1.807) is 24.3 Å². The smallest absolute Gasteiger partial charge is 0.417 e. The maximum absolute atomic E-state index is 12.6. The molecular weight excluding hydrogens is 403 g/mol. The number of β-amino-alcohol motifs (C(OH)–C–C–N with tert-alkyl or cyclic N) is 2. The SMILES string of the molecule is O=C(c1ccc2cc(Oc3ccc(C(F)(F)F)cn3)ccc2n1)N1CC(O)[C@@H](O)C1. The van der Waals surface area contributed by atoms with Crippen LogP contribution in [0.4, 0.5) is 13.2 Å². The number of aromatic nitrogens is 2. The molecule has 30 heavy (non-hydrogen) atoms. The highest BCUT2D eigenvalue weighted by Crippen LogP contribution is 2.30. The van der Waals surface area contributed by atoms with E-state index in [1.807, 2.05) is 0 Å². The predicted octanol–water partition coefficient (Wildman–Crippen LogP) is 2.62. The highest BCUT2D eigenvalue weighted by atomic mass is 19.4. The molecule has 1 aromatic carbocycles. The zero-order valence-corrected chi connectivity index (χ0v) is 15.4. The fourth-order valence-electron chi connectivity index (χ4n) is 3.11. The van der Waals surface area contributed by atoms with Gasteiger partial charge in [-0.05, 0) is 30.3 Å². The molecule has 1 aliphatic heterocycles. The summed E-state index contributed by atoms with van der Waals surface area (Å²) in [7, 11) is 0. The molecule has 1 saturated heterocycles. The number of aliphatic hydroxyl groups is 2. The lowest BCUT2D eigenvalue weighted by molar-refractivity contribution is -0.137. The summed E-state index contributed by atoms with van der Waals surface area (Å²) in [6.07, 6.45) is -5.73. The molecule has 0 saturated carbocycles. The van der Waals surface area contributed by atoms with Gasteiger partial charge in [-0.25, -0.2) is 9.97 Å². The Bertz CT molecular complexity index is 1080. The second kappa shape index (κ2) is 7.54. The van der Waals surface area contributed by atoms with Crippen molar-refractivity contribution < 1.29 is 32.9 Å². The van der Waals surface area contributed by atoms with Gasteiger partial charge in [-0.15, -0.1) is 0 Å². The summed E-state index contributed by atoms with van der Waals surface area (Å²) >= 11 is 0. The number of rotatable bonds is 3. The van der Waals surface area contributed by atoms with E-state index in [2.05, 4.69) is 9.97 Å². The monoisotopic (exact) mass is 419 g/mol. The lowest BCUT2D eigenvalue weighted by atomic mass is 10.2. The average Bonchev–Trinajstić information content (AvgIpc) is 3.05. The van der Waals surface area contributed by atoms with Crippen LogP contribution in [0, 0.1) is 0 Å². The molecule has 3 aromatic rings. The van der Waals surface area contributed by atoms with Crippen LogP contribution in [0.25, 0.3) is 10.9 Å². The molecule has 3 heterocycles. The number of alkyl halides is 3. The van der Waals surface area contributed by atoms with Crippen molar-refractivity contribution in [2.45, 2.75) is 18.4 Å². The van der Waals surface area contributed by atoms with Crippen molar-refractivity contribution in [3.8, 4) is 11.6 Å². The van der Waals surface area contributed by atoms with Crippen molar-refractivity contribution in [3.05, 3.63) is 59.9 Å². The Morgan fingerprint density at radius 1 is 1.07 bits per heavy atom. The molecule has 7 nitrogen and oxygen atoms in total. The summed E-state index contributed by atoms with van der Waals surface area (Å²) in [6.45, 7) is 0.0687. The molecule has 0 radical (unpaired) electrons. The predicted molar refractivity (Wildman–Crippen MR) is 99.0 cm³/mol. The maximum atomic E-state index is 12.6. The third-order valence-electron chi connectivity index (χ3n) is 4.71. The normalized spacial score (nSPS) is 19.3. The van der Waals surface area contributed by atoms with Crippen molar-refractivity contribution in [3.63, 3.8) is 0 Å². The molecule has 0 aliphatic carbocycles. The Morgan fingerprint density at radius 3 is 2.43 bits per heavy atom. The largest absolute Gasteiger partial charge is 0.439 e. The van der Waals surface area contributed by atoms with Crippen LogP contribution in [-0.4, -0.2) is 56.3 Å². The Labute approximate surface area is 168 Å². The number of aliphatic hydroxyl groups excluding tert-OH is 2. The molecular formula is C20H16F3N3O4. The Kier molecular flexibility index (Phi) is 5.04. The van der Waals surface area contributed by atoms with E-state index in [4.69, 9.17) is 4.74 Å². The summed E-state index contributed by atoms with van der Waals surface area (Å²) in [5.74, 6) is -0.0449. The van der Waals surface area contributed by atoms with Crippen molar-refractivity contribution in [2.24, 2.45) is 0 Å². The van der Waals surface area contributed by atoms with Crippen LogP contribution in [0.1, 0.15) is 16.1 Å². The first-order valence-corrected chi connectivity index (χ1v) is 8.98. The van der Waals surface area contributed by atoms with Gasteiger partial charge in [0.15, 0.2) is 0 Å². The quantitative estimate of drug-likeness (QED) is 0.678. The number of likely N-dealkylation sites (tertiary alicyclic amines) is 1. The van der Waals surface area contributed by atoms with Gasteiger partial charge >= 0.3 is 6.18 Å². The average molecular weight is 419 g/mol. The molecule has 0 bridgehead atoms. The molecule has 10 heteroatoms. The van der Waals surface area contributed by atoms with Crippen molar-refractivity contribution in [2.75, 3.05) is 13.1 Å². The molecule has 4 rings (SSSR count). The topological polar surface area (TPSA) is 95.8 Å².